The van der Waals surface area contributed by atoms with Gasteiger partial charge in [0.05, 0.1) is 12.5 Å². The topological polar surface area (TPSA) is 206 Å². The van der Waals surface area contributed by atoms with Crippen LogP contribution in [0.4, 0.5) is 4.79 Å². The minimum Gasteiger partial charge on any atom is -0.481 e. The molecule has 4 amide bonds. The lowest BCUT2D eigenvalue weighted by Gasteiger charge is -2.39. The summed E-state index contributed by atoms with van der Waals surface area (Å²) in [6.07, 6.45) is 3.72. The minimum absolute atomic E-state index is 0.0191. The first-order valence-electron chi connectivity index (χ1n) is 24.6. The van der Waals surface area contributed by atoms with Gasteiger partial charge in [0.15, 0.2) is 0 Å². The molecule has 0 fully saturated rings. The number of ether oxygens (including phenoxy) is 3. The van der Waals surface area contributed by atoms with Crippen LogP contribution in [0.1, 0.15) is 162 Å². The first-order valence-corrected chi connectivity index (χ1v) is 25.5. The van der Waals surface area contributed by atoms with Crippen molar-refractivity contribution in [3.63, 3.8) is 0 Å². The van der Waals surface area contributed by atoms with Gasteiger partial charge >= 0.3 is 18.0 Å². The molecular formula is C51H84N6O10S. The number of hydrogen-bond acceptors (Lipinski definition) is 12. The van der Waals surface area contributed by atoms with E-state index in [1.807, 2.05) is 44.5 Å². The number of hydrogen-bond donors (Lipinski definition) is 4. The Morgan fingerprint density at radius 1 is 0.824 bits per heavy atom. The number of unbranched alkanes of at least 4 members (excludes halogenated alkanes) is 1. The first kappa shape index (κ1) is 59.5. The monoisotopic (exact) mass is 973 g/mol. The summed E-state index contributed by atoms with van der Waals surface area (Å²) >= 11 is 1.30. The van der Waals surface area contributed by atoms with Gasteiger partial charge in [0.1, 0.15) is 40.2 Å². The van der Waals surface area contributed by atoms with Crippen LogP contribution in [0.5, 0.6) is 5.75 Å². The lowest BCUT2D eigenvalue weighted by atomic mass is 9.92. The molecule has 0 spiro atoms. The minimum atomic E-state index is -0.999. The van der Waals surface area contributed by atoms with Crippen molar-refractivity contribution in [3.05, 3.63) is 45.9 Å². The van der Waals surface area contributed by atoms with Crippen LogP contribution < -0.4 is 20.7 Å². The van der Waals surface area contributed by atoms with Crippen molar-refractivity contribution < 1.29 is 48.1 Å². The molecule has 1 aromatic carbocycles. The lowest BCUT2D eigenvalue weighted by Crippen LogP contribution is -2.56. The highest BCUT2D eigenvalue weighted by Gasteiger charge is 2.37. The molecule has 0 unspecified atom stereocenters. The summed E-state index contributed by atoms with van der Waals surface area (Å²) in [7, 11) is 1.92. The van der Waals surface area contributed by atoms with Crippen LogP contribution in [0.25, 0.3) is 0 Å². The molecule has 17 heteroatoms. The number of aromatic nitrogens is 1. The van der Waals surface area contributed by atoms with Crippen molar-refractivity contribution in [3.8, 4) is 5.75 Å². The van der Waals surface area contributed by atoms with Gasteiger partial charge in [0, 0.05) is 37.0 Å². The van der Waals surface area contributed by atoms with Gasteiger partial charge in [-0.1, -0.05) is 94.2 Å². The molecule has 384 valence electrons. The molecule has 0 aliphatic rings. The second-order valence-electron chi connectivity index (χ2n) is 19.8. The average molecular weight is 973 g/mol. The molecule has 4 N–H and O–H groups in total. The normalized spacial score (nSPS) is 14.9. The maximum absolute atomic E-state index is 14.6. The van der Waals surface area contributed by atoms with E-state index in [4.69, 9.17) is 19.2 Å². The summed E-state index contributed by atoms with van der Waals surface area (Å²) in [6, 6.07) is 4.15. The van der Waals surface area contributed by atoms with E-state index in [0.29, 0.717) is 37.4 Å². The largest absolute Gasteiger partial charge is 0.481 e. The summed E-state index contributed by atoms with van der Waals surface area (Å²) in [6.45, 7) is 26.6. The second-order valence-corrected chi connectivity index (χ2v) is 20.7. The van der Waals surface area contributed by atoms with Crippen molar-refractivity contribution in [1.29, 1.82) is 0 Å². The highest BCUT2D eigenvalue weighted by atomic mass is 32.1. The Morgan fingerprint density at radius 3 is 2.03 bits per heavy atom. The third-order valence-electron chi connectivity index (χ3n) is 11.6. The summed E-state index contributed by atoms with van der Waals surface area (Å²) in [5.74, 6) is -3.33. The number of carboxylic acids is 1. The van der Waals surface area contributed by atoms with Crippen LogP contribution in [-0.4, -0.2) is 119 Å². The molecule has 0 aliphatic heterocycles. The highest BCUT2D eigenvalue weighted by Crippen LogP contribution is 2.32. The Kier molecular flexibility index (Phi) is 25.8. The maximum Gasteiger partial charge on any atom is 0.408 e. The first-order chi connectivity index (χ1) is 31.9. The van der Waals surface area contributed by atoms with Crippen LogP contribution in [0.15, 0.2) is 29.6 Å². The van der Waals surface area contributed by atoms with Gasteiger partial charge in [-0.25, -0.2) is 14.6 Å². The van der Waals surface area contributed by atoms with Crippen LogP contribution in [0.3, 0.4) is 0 Å². The number of carboxylic acid groups (broad SMARTS) is 1. The second kappa shape index (κ2) is 29.4. The van der Waals surface area contributed by atoms with E-state index in [-0.39, 0.29) is 66.4 Å². The van der Waals surface area contributed by atoms with Crippen LogP contribution in [0.2, 0.25) is 0 Å². The third-order valence-corrected chi connectivity index (χ3v) is 12.6. The van der Waals surface area contributed by atoms with E-state index in [0.717, 1.165) is 31.4 Å². The molecule has 16 nitrogen and oxygen atoms in total. The number of esters is 1. The van der Waals surface area contributed by atoms with Gasteiger partial charge < -0.3 is 40.2 Å². The summed E-state index contributed by atoms with van der Waals surface area (Å²) in [4.78, 5) is 88.1. The molecule has 1 heterocycles. The highest BCUT2D eigenvalue weighted by molar-refractivity contribution is 7.09. The molecule has 2 aromatic rings. The molecule has 1 aromatic heterocycles. The van der Waals surface area contributed by atoms with E-state index >= 15 is 0 Å². The van der Waals surface area contributed by atoms with Crippen LogP contribution >= 0.6 is 11.3 Å². The molecule has 0 saturated carbocycles. The van der Waals surface area contributed by atoms with E-state index in [1.54, 1.807) is 71.2 Å². The smallest absolute Gasteiger partial charge is 0.408 e. The van der Waals surface area contributed by atoms with Gasteiger partial charge in [-0.15, -0.1) is 11.3 Å². The number of likely N-dealkylation sites (N-methyl/N-ethyl adjacent to an activating group) is 1. The molecule has 68 heavy (non-hydrogen) atoms. The quantitative estimate of drug-likeness (QED) is 0.0430. The fourth-order valence-electron chi connectivity index (χ4n) is 7.60. The van der Waals surface area contributed by atoms with Gasteiger partial charge in [-0.05, 0) is 102 Å². The van der Waals surface area contributed by atoms with E-state index in [2.05, 4.69) is 36.7 Å². The van der Waals surface area contributed by atoms with Crippen molar-refractivity contribution >= 4 is 47.1 Å². The van der Waals surface area contributed by atoms with Crippen molar-refractivity contribution in [2.45, 2.75) is 177 Å². The third kappa shape index (κ3) is 20.5. The summed E-state index contributed by atoms with van der Waals surface area (Å²) in [5.41, 5.74) is 0.174. The van der Waals surface area contributed by atoms with Crippen molar-refractivity contribution in [2.75, 3.05) is 33.3 Å². The lowest BCUT2D eigenvalue weighted by molar-refractivity contribution is -0.142. The van der Waals surface area contributed by atoms with E-state index < -0.39 is 59.7 Å². The van der Waals surface area contributed by atoms with Gasteiger partial charge in [-0.2, -0.15) is 0 Å². The number of nitrogens with one attached hydrogen (secondary N) is 3. The molecule has 0 aliphatic carbocycles. The molecule has 0 radical (unpaired) electrons. The zero-order chi connectivity index (χ0) is 51.3. The fraction of sp³-hybridized carbons (Fsp3) is 0.706. The number of carbonyl (C=O) groups excluding carboxylic acids is 5. The van der Waals surface area contributed by atoms with Crippen LogP contribution in [-0.2, 0) is 35.1 Å². The standard InChI is InChI=1S/C51H84N6O10S/c1-15-19-25-56(14)30-42(58)54-44(34(9)18-4)47(60)57(24-16-2)40(32(5)6)29-41(65-26-17-3)46-53-39(31-68-46)45(59)52-37(27-35(10)48(61)62)28-36-20-22-38(23-21-36)66-49(63)43(33(7)8)55-50(64)67-51(11,12)13/h20-23,31-35,37,40-41,43-44H,15-19,24-30H2,1-14H3,(H,52,59)(H,54,58)(H,55,64)(H,61,62)/t34-,35-,37+,40+,41+,43+,44-/m0/s1. The van der Waals surface area contributed by atoms with Gasteiger partial charge in [0.2, 0.25) is 11.8 Å². The van der Waals surface area contributed by atoms with Gasteiger partial charge in [-0.3, -0.25) is 24.1 Å². The Hall–Kier alpha value is -4.61. The zero-order valence-electron chi connectivity index (χ0n) is 43.4. The average Bonchev–Trinajstić information content (AvgIpc) is 3.76. The number of rotatable bonds is 30. The Labute approximate surface area is 410 Å². The number of amides is 4. The fourth-order valence-corrected chi connectivity index (χ4v) is 8.46. The summed E-state index contributed by atoms with van der Waals surface area (Å²) in [5, 5.41) is 20.8. The zero-order valence-corrected chi connectivity index (χ0v) is 44.3. The van der Waals surface area contributed by atoms with Crippen molar-refractivity contribution in [1.82, 2.24) is 30.7 Å². The molecule has 0 bridgehead atoms. The number of alkyl carbamates (subject to hydrolysis) is 1. The predicted octanol–water partition coefficient (Wildman–Crippen LogP) is 8.43. The number of carbonyl (C=O) groups is 6. The Balaban J connectivity index is 2.35. The van der Waals surface area contributed by atoms with Crippen molar-refractivity contribution in [2.24, 2.45) is 23.7 Å². The molecule has 0 saturated heterocycles. The Morgan fingerprint density at radius 2 is 1.49 bits per heavy atom. The predicted molar refractivity (Wildman–Crippen MR) is 267 cm³/mol. The SMILES string of the molecule is CCCCN(C)CC(=O)N[C@H](C(=O)N(CCC)[C@H](C[C@@H](OCCC)c1nc(C(=O)N[C@@H](Cc2ccc(OC(=O)[C@H](NC(=O)OC(C)(C)C)C(C)C)cc2)C[C@H](C)C(=O)O)cs1)C(C)C)[C@@H](C)CC. The van der Waals surface area contributed by atoms with E-state index in [9.17, 15) is 33.9 Å². The number of thiazole rings is 1. The number of benzene rings is 1. The van der Waals surface area contributed by atoms with Crippen LogP contribution in [0, 0.1) is 23.7 Å². The molecule has 2 rings (SSSR count). The number of nitrogens with zero attached hydrogens (tertiary/aromatic N) is 3. The van der Waals surface area contributed by atoms with Gasteiger partial charge in [0.25, 0.3) is 5.91 Å². The Bertz CT molecular complexity index is 1880. The molecular weight excluding hydrogens is 889 g/mol. The molecule has 7 atom stereocenters. The van der Waals surface area contributed by atoms with E-state index in [1.165, 1.54) is 11.3 Å². The maximum atomic E-state index is 14.6. The summed E-state index contributed by atoms with van der Waals surface area (Å²) < 4.78 is 17.4. The number of aliphatic carboxylic acids is 1.